The molecule has 0 unspecified atom stereocenters. The number of hydrogen-bond donors (Lipinski definition) is 3. The average molecular weight is 349 g/mol. The van der Waals surface area contributed by atoms with E-state index < -0.39 is 11.8 Å². The molecule has 0 bridgehead atoms. The Morgan fingerprint density at radius 1 is 1.00 bits per heavy atom. The highest BCUT2D eigenvalue weighted by molar-refractivity contribution is 6.34. The van der Waals surface area contributed by atoms with Crippen LogP contribution in [0.3, 0.4) is 0 Å². The van der Waals surface area contributed by atoms with Crippen LogP contribution in [-0.4, -0.2) is 21.8 Å². The Bertz CT molecular complexity index is 907. The highest BCUT2D eigenvalue weighted by atomic mass is 35.5. The molecular formula is C15H10Cl2N4O2. The Kier molecular flexibility index (Phi) is 4.18. The number of para-hydroxylation sites is 1. The van der Waals surface area contributed by atoms with Gasteiger partial charge in [0, 0.05) is 17.1 Å². The molecule has 0 aliphatic carbocycles. The monoisotopic (exact) mass is 348 g/mol. The third kappa shape index (κ3) is 3.13. The van der Waals surface area contributed by atoms with Crippen molar-refractivity contribution >= 4 is 45.9 Å². The van der Waals surface area contributed by atoms with E-state index in [0.717, 1.165) is 10.9 Å². The molecule has 0 saturated carbocycles. The summed E-state index contributed by atoms with van der Waals surface area (Å²) in [6.45, 7) is 0. The van der Waals surface area contributed by atoms with Crippen LogP contribution in [0.15, 0.2) is 42.6 Å². The van der Waals surface area contributed by atoms with Crippen LogP contribution in [0.1, 0.15) is 20.8 Å². The van der Waals surface area contributed by atoms with Gasteiger partial charge in [-0.3, -0.25) is 20.4 Å². The summed E-state index contributed by atoms with van der Waals surface area (Å²) >= 11 is 11.6. The molecule has 3 N–H and O–H groups in total. The summed E-state index contributed by atoms with van der Waals surface area (Å²) in [4.78, 5) is 31.0. The van der Waals surface area contributed by atoms with Gasteiger partial charge in [0.25, 0.3) is 11.8 Å². The molecule has 2 aromatic heterocycles. The molecule has 0 saturated heterocycles. The highest BCUT2D eigenvalue weighted by Crippen LogP contribution is 2.18. The van der Waals surface area contributed by atoms with E-state index in [1.54, 1.807) is 12.3 Å². The predicted octanol–water partition coefficient (Wildman–Crippen LogP) is 2.94. The molecule has 23 heavy (non-hydrogen) atoms. The Labute approximate surface area is 140 Å². The number of pyridine rings is 1. The first-order valence-corrected chi connectivity index (χ1v) is 7.30. The van der Waals surface area contributed by atoms with Gasteiger partial charge in [0.15, 0.2) is 0 Å². The average Bonchev–Trinajstić information content (AvgIpc) is 2.98. The predicted molar refractivity (Wildman–Crippen MR) is 87.5 cm³/mol. The van der Waals surface area contributed by atoms with Crippen LogP contribution in [-0.2, 0) is 0 Å². The minimum Gasteiger partial charge on any atom is -0.360 e. The van der Waals surface area contributed by atoms with E-state index in [2.05, 4.69) is 20.8 Å². The lowest BCUT2D eigenvalue weighted by molar-refractivity contribution is 0.0845. The van der Waals surface area contributed by atoms with E-state index in [-0.39, 0.29) is 15.9 Å². The van der Waals surface area contributed by atoms with E-state index in [0.29, 0.717) is 5.56 Å². The zero-order valence-corrected chi connectivity index (χ0v) is 13.1. The van der Waals surface area contributed by atoms with Gasteiger partial charge in [-0.15, -0.1) is 0 Å². The van der Waals surface area contributed by atoms with Crippen LogP contribution in [0.2, 0.25) is 10.2 Å². The van der Waals surface area contributed by atoms with Gasteiger partial charge in [0.1, 0.15) is 10.8 Å². The van der Waals surface area contributed by atoms with E-state index in [4.69, 9.17) is 23.2 Å². The van der Waals surface area contributed by atoms with Gasteiger partial charge in [-0.1, -0.05) is 41.4 Å². The summed E-state index contributed by atoms with van der Waals surface area (Å²) in [5.74, 6) is -1.13. The molecule has 6 nitrogen and oxygen atoms in total. The second-order valence-corrected chi connectivity index (χ2v) is 5.42. The fraction of sp³-hybridized carbons (Fsp3) is 0. The normalized spacial score (nSPS) is 10.5. The topological polar surface area (TPSA) is 86.9 Å². The molecule has 0 atom stereocenters. The number of carbonyl (C=O) groups excluding carboxylic acids is 2. The van der Waals surface area contributed by atoms with Crippen molar-refractivity contribution in [2.75, 3.05) is 0 Å². The van der Waals surface area contributed by atoms with Gasteiger partial charge < -0.3 is 4.98 Å². The molecule has 3 aromatic rings. The molecule has 2 amide bonds. The zero-order chi connectivity index (χ0) is 16.4. The van der Waals surface area contributed by atoms with Crippen LogP contribution in [0.5, 0.6) is 0 Å². The molecular weight excluding hydrogens is 339 g/mol. The Balaban J connectivity index is 1.74. The van der Waals surface area contributed by atoms with Gasteiger partial charge >= 0.3 is 0 Å². The number of aromatic amines is 1. The summed E-state index contributed by atoms with van der Waals surface area (Å²) in [6, 6.07) is 10.2. The molecule has 2 heterocycles. The van der Waals surface area contributed by atoms with Crippen molar-refractivity contribution in [3.63, 3.8) is 0 Å². The number of fused-ring (bicyclic) bond motifs is 1. The maximum absolute atomic E-state index is 12.2. The van der Waals surface area contributed by atoms with Crippen LogP contribution in [0.25, 0.3) is 10.9 Å². The molecule has 0 fully saturated rings. The van der Waals surface area contributed by atoms with Gasteiger partial charge in [0.2, 0.25) is 0 Å². The first-order chi connectivity index (χ1) is 11.1. The third-order valence-corrected chi connectivity index (χ3v) is 3.67. The molecule has 0 spiro atoms. The second-order valence-electron chi connectivity index (χ2n) is 4.62. The van der Waals surface area contributed by atoms with Gasteiger partial charge in [-0.05, 0) is 18.2 Å². The van der Waals surface area contributed by atoms with Crippen molar-refractivity contribution in [2.45, 2.75) is 0 Å². The standard InChI is InChI=1S/C15H10Cl2N4O2/c16-10-5-6-12(17)19-13(10)15(23)21-20-14(22)9-7-18-11-4-2-1-3-8(9)11/h1-7,18H,(H,20,22)(H,21,23). The number of hydrazine groups is 1. The molecule has 0 aliphatic rings. The number of aromatic nitrogens is 2. The Morgan fingerprint density at radius 3 is 2.57 bits per heavy atom. The Hall–Kier alpha value is -2.57. The van der Waals surface area contributed by atoms with E-state index in [1.807, 2.05) is 18.2 Å². The van der Waals surface area contributed by atoms with E-state index >= 15 is 0 Å². The van der Waals surface area contributed by atoms with E-state index in [9.17, 15) is 9.59 Å². The van der Waals surface area contributed by atoms with Crippen LogP contribution in [0, 0.1) is 0 Å². The summed E-state index contributed by atoms with van der Waals surface area (Å²) in [5, 5.41) is 1.01. The summed E-state index contributed by atoms with van der Waals surface area (Å²) in [6.07, 6.45) is 1.57. The molecule has 8 heteroatoms. The number of hydrogen-bond acceptors (Lipinski definition) is 3. The zero-order valence-electron chi connectivity index (χ0n) is 11.6. The molecule has 0 aliphatic heterocycles. The van der Waals surface area contributed by atoms with Crippen molar-refractivity contribution in [1.29, 1.82) is 0 Å². The quantitative estimate of drug-likeness (QED) is 0.491. The number of amides is 2. The smallest absolute Gasteiger partial charge is 0.289 e. The van der Waals surface area contributed by atoms with Crippen molar-refractivity contribution in [3.8, 4) is 0 Å². The lowest BCUT2D eigenvalue weighted by atomic mass is 10.2. The first kappa shape index (κ1) is 15.3. The SMILES string of the molecule is O=C(NNC(=O)c1c[nH]c2ccccc12)c1nc(Cl)ccc1Cl. The van der Waals surface area contributed by atoms with Gasteiger partial charge in [-0.25, -0.2) is 4.98 Å². The molecule has 116 valence electrons. The van der Waals surface area contributed by atoms with E-state index in [1.165, 1.54) is 12.1 Å². The maximum atomic E-state index is 12.2. The highest BCUT2D eigenvalue weighted by Gasteiger charge is 2.16. The number of benzene rings is 1. The molecule has 0 radical (unpaired) electrons. The molecule has 1 aromatic carbocycles. The minimum atomic E-state index is -0.661. The minimum absolute atomic E-state index is 0.0709. The number of carbonyl (C=O) groups is 2. The lowest BCUT2D eigenvalue weighted by Gasteiger charge is -2.07. The number of halogens is 2. The largest absolute Gasteiger partial charge is 0.360 e. The van der Waals surface area contributed by atoms with Crippen molar-refractivity contribution in [2.24, 2.45) is 0 Å². The summed E-state index contributed by atoms with van der Waals surface area (Å²) in [7, 11) is 0. The lowest BCUT2D eigenvalue weighted by Crippen LogP contribution is -2.42. The van der Waals surface area contributed by atoms with Gasteiger partial charge in [-0.2, -0.15) is 0 Å². The second kappa shape index (κ2) is 6.28. The van der Waals surface area contributed by atoms with Crippen molar-refractivity contribution in [3.05, 3.63) is 64.0 Å². The first-order valence-electron chi connectivity index (χ1n) is 6.55. The van der Waals surface area contributed by atoms with Crippen LogP contribution in [0.4, 0.5) is 0 Å². The Morgan fingerprint density at radius 2 is 1.74 bits per heavy atom. The summed E-state index contributed by atoms with van der Waals surface area (Å²) < 4.78 is 0. The van der Waals surface area contributed by atoms with Crippen molar-refractivity contribution < 1.29 is 9.59 Å². The third-order valence-electron chi connectivity index (χ3n) is 3.15. The number of nitrogens with zero attached hydrogens (tertiary/aromatic N) is 1. The number of nitrogens with one attached hydrogen (secondary N) is 3. The summed E-state index contributed by atoms with van der Waals surface area (Å²) in [5.41, 5.74) is 5.74. The van der Waals surface area contributed by atoms with Crippen LogP contribution >= 0.6 is 23.2 Å². The van der Waals surface area contributed by atoms with Gasteiger partial charge in [0.05, 0.1) is 10.6 Å². The van der Waals surface area contributed by atoms with Crippen LogP contribution < -0.4 is 10.9 Å². The maximum Gasteiger partial charge on any atom is 0.289 e. The van der Waals surface area contributed by atoms with Crippen molar-refractivity contribution in [1.82, 2.24) is 20.8 Å². The fourth-order valence-electron chi connectivity index (χ4n) is 2.08. The number of rotatable bonds is 2. The fourth-order valence-corrected chi connectivity index (χ4v) is 2.42. The molecule has 3 rings (SSSR count). The number of H-pyrrole nitrogens is 1.